The van der Waals surface area contributed by atoms with Crippen molar-refractivity contribution in [1.29, 1.82) is 0 Å². The fraction of sp³-hybridized carbons (Fsp3) is 0.459. The van der Waals surface area contributed by atoms with Crippen LogP contribution < -0.4 is 16.1 Å². The summed E-state index contributed by atoms with van der Waals surface area (Å²) in [4.78, 5) is 55.2. The highest BCUT2D eigenvalue weighted by Crippen LogP contribution is 2.24. The Morgan fingerprint density at radius 3 is 2.18 bits per heavy atom. The third-order valence-corrected chi connectivity index (χ3v) is 7.77. The molecular weight excluding hydrogens is 662 g/mol. The van der Waals surface area contributed by atoms with Crippen molar-refractivity contribution in [3.05, 3.63) is 82.9 Å². The largest absolute Gasteiger partial charge is 0.460 e. The standard InChI is InChI=1S/C37H50ClN5O7/c1-8-48-35(49-9-2)25(3)43(23-28-15-12-14-27-13-10-11-16-30(27)28)34(46)31(21-33(45)50-37(4,5)6)40-32(44)24-42(7)41-36(47)39-22-26-17-19-29(38)20-18-26/h10-20,25,31,35H,8-9,21-24H2,1-7H3,(H,40,44)(H2,39,41,47). The highest BCUT2D eigenvalue weighted by atomic mass is 35.5. The number of urea groups is 1. The SMILES string of the molecule is CCOC(OCC)C(C)N(Cc1cccc2ccccc12)C(=O)C(CC(=O)OC(C)(C)C)NC(=O)CN(C)NC(=O)NCc1ccc(Cl)cc1. The molecule has 0 saturated heterocycles. The second kappa shape index (κ2) is 19.2. The van der Waals surface area contributed by atoms with Crippen molar-refractivity contribution >= 4 is 46.2 Å². The van der Waals surface area contributed by atoms with Crippen LogP contribution >= 0.6 is 11.6 Å². The normalized spacial score (nSPS) is 12.8. The number of rotatable bonds is 17. The van der Waals surface area contributed by atoms with Crippen LogP contribution in [0.4, 0.5) is 4.79 Å². The fourth-order valence-corrected chi connectivity index (χ4v) is 5.41. The van der Waals surface area contributed by atoms with E-state index in [-0.39, 0.29) is 19.6 Å². The number of esters is 1. The van der Waals surface area contributed by atoms with E-state index >= 15 is 0 Å². The second-order valence-corrected chi connectivity index (χ2v) is 13.2. The van der Waals surface area contributed by atoms with Gasteiger partial charge in [-0.1, -0.05) is 66.2 Å². The number of fused-ring (bicyclic) bond motifs is 1. The molecule has 50 heavy (non-hydrogen) atoms. The van der Waals surface area contributed by atoms with Crippen molar-refractivity contribution in [1.82, 2.24) is 26.0 Å². The topological polar surface area (TPSA) is 139 Å². The molecule has 0 spiro atoms. The first-order chi connectivity index (χ1) is 23.7. The van der Waals surface area contributed by atoms with Crippen LogP contribution in [0.3, 0.4) is 0 Å². The van der Waals surface area contributed by atoms with Crippen LogP contribution in [0.25, 0.3) is 10.8 Å². The van der Waals surface area contributed by atoms with Crippen molar-refractivity contribution in [2.45, 2.75) is 85.0 Å². The summed E-state index contributed by atoms with van der Waals surface area (Å²) < 4.78 is 17.3. The summed E-state index contributed by atoms with van der Waals surface area (Å²) in [6, 6.07) is 18.3. The number of amides is 4. The number of hydrazine groups is 1. The highest BCUT2D eigenvalue weighted by molar-refractivity contribution is 6.30. The van der Waals surface area contributed by atoms with Gasteiger partial charge in [-0.05, 0) is 75.6 Å². The first-order valence-electron chi connectivity index (χ1n) is 16.7. The van der Waals surface area contributed by atoms with Gasteiger partial charge in [0.1, 0.15) is 11.6 Å². The van der Waals surface area contributed by atoms with Gasteiger partial charge in [-0.2, -0.15) is 0 Å². The molecule has 0 aliphatic rings. The number of likely N-dealkylation sites (N-methyl/N-ethyl adjacent to an activating group) is 1. The molecule has 0 heterocycles. The number of carbonyl (C=O) groups is 4. The van der Waals surface area contributed by atoms with E-state index in [1.54, 1.807) is 49.9 Å². The Hall–Kier alpha value is -4.23. The number of nitrogens with one attached hydrogen (secondary N) is 3. The molecule has 3 rings (SSSR count). The molecule has 2 atom stereocenters. The summed E-state index contributed by atoms with van der Waals surface area (Å²) in [5.41, 5.74) is 3.47. The lowest BCUT2D eigenvalue weighted by Gasteiger charge is -2.37. The van der Waals surface area contributed by atoms with Crippen LogP contribution in [0.15, 0.2) is 66.7 Å². The average molecular weight is 712 g/mol. The molecule has 3 aromatic rings. The molecule has 0 radical (unpaired) electrons. The maximum atomic E-state index is 14.6. The Balaban J connectivity index is 1.84. The average Bonchev–Trinajstić information content (AvgIpc) is 3.05. The van der Waals surface area contributed by atoms with Crippen LogP contribution in [-0.4, -0.2) is 84.5 Å². The van der Waals surface area contributed by atoms with Gasteiger partial charge in [-0.3, -0.25) is 19.8 Å². The smallest absolute Gasteiger partial charge is 0.329 e. The minimum absolute atomic E-state index is 0.147. The van der Waals surface area contributed by atoms with Crippen molar-refractivity contribution < 1.29 is 33.4 Å². The predicted molar refractivity (Wildman–Crippen MR) is 193 cm³/mol. The summed E-state index contributed by atoms with van der Waals surface area (Å²) in [6.07, 6.45) is -1.20. The molecule has 4 amide bonds. The minimum atomic E-state index is -1.30. The van der Waals surface area contributed by atoms with Gasteiger partial charge in [-0.15, -0.1) is 0 Å². The van der Waals surface area contributed by atoms with E-state index in [1.807, 2.05) is 63.2 Å². The molecule has 0 aliphatic heterocycles. The van der Waals surface area contributed by atoms with Gasteiger partial charge in [0.05, 0.1) is 19.0 Å². The molecule has 0 saturated carbocycles. The Bertz CT molecular complexity index is 1570. The van der Waals surface area contributed by atoms with Gasteiger partial charge >= 0.3 is 12.0 Å². The maximum Gasteiger partial charge on any atom is 0.329 e. The van der Waals surface area contributed by atoms with Crippen LogP contribution in [0.2, 0.25) is 5.02 Å². The summed E-state index contributed by atoms with van der Waals surface area (Å²) in [5.74, 6) is -1.78. The lowest BCUT2D eigenvalue weighted by Crippen LogP contribution is -2.56. The first kappa shape index (κ1) is 40.2. The van der Waals surface area contributed by atoms with E-state index in [4.69, 9.17) is 25.8 Å². The molecule has 3 N–H and O–H groups in total. The van der Waals surface area contributed by atoms with Crippen molar-refractivity contribution in [2.24, 2.45) is 0 Å². The lowest BCUT2D eigenvalue weighted by atomic mass is 10.0. The van der Waals surface area contributed by atoms with Crippen molar-refractivity contribution in [3.8, 4) is 0 Å². The molecular formula is C37H50ClN5O7. The van der Waals surface area contributed by atoms with Gasteiger partial charge in [0.2, 0.25) is 11.8 Å². The van der Waals surface area contributed by atoms with E-state index in [1.165, 1.54) is 12.1 Å². The quantitative estimate of drug-likeness (QED) is 0.0991. The molecule has 3 aromatic carbocycles. The van der Waals surface area contributed by atoms with E-state index in [2.05, 4.69) is 16.1 Å². The van der Waals surface area contributed by atoms with Crippen molar-refractivity contribution in [3.63, 3.8) is 0 Å². The van der Waals surface area contributed by atoms with Gasteiger partial charge in [-0.25, -0.2) is 9.80 Å². The fourth-order valence-electron chi connectivity index (χ4n) is 5.28. The third kappa shape index (κ3) is 12.9. The zero-order valence-corrected chi connectivity index (χ0v) is 30.7. The number of halogens is 1. The molecule has 0 bridgehead atoms. The molecule has 0 aliphatic carbocycles. The summed E-state index contributed by atoms with van der Waals surface area (Å²) in [6.45, 7) is 11.4. The van der Waals surface area contributed by atoms with Crippen LogP contribution in [0.5, 0.6) is 0 Å². The third-order valence-electron chi connectivity index (χ3n) is 7.51. The Labute approximate surface area is 299 Å². The summed E-state index contributed by atoms with van der Waals surface area (Å²) >= 11 is 5.93. The molecule has 12 nitrogen and oxygen atoms in total. The highest BCUT2D eigenvalue weighted by Gasteiger charge is 2.36. The van der Waals surface area contributed by atoms with Gasteiger partial charge in [0.15, 0.2) is 6.29 Å². The maximum absolute atomic E-state index is 14.6. The van der Waals surface area contributed by atoms with E-state index < -0.39 is 54.2 Å². The Kier molecular flexibility index (Phi) is 15.5. The number of benzene rings is 3. The molecule has 0 fully saturated rings. The number of ether oxygens (including phenoxy) is 3. The van der Waals surface area contributed by atoms with E-state index in [0.717, 1.165) is 21.9 Å². The van der Waals surface area contributed by atoms with Crippen LogP contribution in [0.1, 0.15) is 59.1 Å². The number of hydrogen-bond acceptors (Lipinski definition) is 8. The molecule has 272 valence electrons. The number of nitrogens with zero attached hydrogens (tertiary/aromatic N) is 2. The Morgan fingerprint density at radius 1 is 0.900 bits per heavy atom. The predicted octanol–water partition coefficient (Wildman–Crippen LogP) is 5.17. The monoisotopic (exact) mass is 711 g/mol. The molecule has 2 unspecified atom stereocenters. The summed E-state index contributed by atoms with van der Waals surface area (Å²) in [7, 11) is 1.51. The first-order valence-corrected chi connectivity index (χ1v) is 17.1. The van der Waals surface area contributed by atoms with E-state index in [0.29, 0.717) is 18.2 Å². The Morgan fingerprint density at radius 2 is 1.54 bits per heavy atom. The molecule has 0 aromatic heterocycles. The zero-order chi connectivity index (χ0) is 36.8. The van der Waals surface area contributed by atoms with Crippen molar-refractivity contribution in [2.75, 3.05) is 26.8 Å². The van der Waals surface area contributed by atoms with Crippen LogP contribution in [0, 0.1) is 0 Å². The van der Waals surface area contributed by atoms with Gasteiger partial charge in [0, 0.05) is 38.4 Å². The summed E-state index contributed by atoms with van der Waals surface area (Å²) in [5, 5.41) is 9.26. The van der Waals surface area contributed by atoms with Crippen LogP contribution in [-0.2, 0) is 41.7 Å². The lowest BCUT2D eigenvalue weighted by molar-refractivity contribution is -0.180. The second-order valence-electron chi connectivity index (χ2n) is 12.8. The minimum Gasteiger partial charge on any atom is -0.460 e. The number of carbonyl (C=O) groups excluding carboxylic acids is 4. The zero-order valence-electron chi connectivity index (χ0n) is 30.0. The number of hydrogen-bond donors (Lipinski definition) is 3. The molecule has 13 heteroatoms. The van der Waals surface area contributed by atoms with E-state index in [9.17, 15) is 19.2 Å². The van der Waals surface area contributed by atoms with Gasteiger partial charge in [0.25, 0.3) is 0 Å². The van der Waals surface area contributed by atoms with Gasteiger partial charge < -0.3 is 29.7 Å².